The van der Waals surface area contributed by atoms with Crippen molar-refractivity contribution in [1.82, 2.24) is 10.2 Å². The monoisotopic (exact) mass is 529 g/mol. The number of halogens is 2. The zero-order chi connectivity index (χ0) is 25.0. The molecule has 35 heavy (non-hydrogen) atoms. The average Bonchev–Trinajstić information content (AvgIpc) is 3.51. The Kier molecular flexibility index (Phi) is 6.24. The molecule has 1 saturated heterocycles. The zero-order valence-electron chi connectivity index (χ0n) is 19.8. The van der Waals surface area contributed by atoms with Crippen molar-refractivity contribution < 1.29 is 14.1 Å². The second-order valence-electron chi connectivity index (χ2n) is 9.57. The number of nitrogens with one attached hydrogen (secondary N) is 1. The molecule has 3 aliphatic rings. The molecule has 0 bridgehead atoms. The van der Waals surface area contributed by atoms with Gasteiger partial charge in [0.2, 0.25) is 0 Å². The number of nitrogens with zero attached hydrogens (tertiary/aromatic N) is 3. The molecule has 2 aromatic carbocycles. The molecule has 0 aliphatic carbocycles. The number of rotatable bonds is 4. The van der Waals surface area contributed by atoms with E-state index in [1.165, 1.54) is 11.8 Å². The Morgan fingerprint density at radius 1 is 1.11 bits per heavy atom. The second-order valence-corrected chi connectivity index (χ2v) is 11.5. The second kappa shape index (κ2) is 8.96. The van der Waals surface area contributed by atoms with Crippen LogP contribution in [0.4, 0.5) is 0 Å². The number of quaternary nitrogens is 1. The van der Waals surface area contributed by atoms with Gasteiger partial charge in [-0.15, -0.1) is 0 Å². The summed E-state index contributed by atoms with van der Waals surface area (Å²) in [5.41, 5.74) is 1.48. The predicted molar refractivity (Wildman–Crippen MR) is 141 cm³/mol. The van der Waals surface area contributed by atoms with Gasteiger partial charge in [0, 0.05) is 36.1 Å². The SMILES string of the molecule is CNC(=O)[C@@H]1CCC[N+]1(C)C(=O)C1=CN2C(=N[C@@](C)(c3ccc(Cl)cc3)[C@H]2c2ccc(Cl)cc2)S1. The van der Waals surface area contributed by atoms with Crippen LogP contribution in [-0.2, 0) is 15.1 Å². The molecule has 6 nitrogen and oxygen atoms in total. The first-order chi connectivity index (χ1) is 16.7. The van der Waals surface area contributed by atoms with Crippen molar-refractivity contribution in [3.63, 3.8) is 0 Å². The fourth-order valence-corrected chi connectivity index (χ4v) is 6.91. The van der Waals surface area contributed by atoms with E-state index in [0.717, 1.165) is 22.7 Å². The molecular weight excluding hydrogens is 503 g/mol. The molecule has 9 heteroatoms. The van der Waals surface area contributed by atoms with Crippen LogP contribution in [0.25, 0.3) is 0 Å². The summed E-state index contributed by atoms with van der Waals surface area (Å²) < 4.78 is 0.0830. The summed E-state index contributed by atoms with van der Waals surface area (Å²) in [6, 6.07) is 15.0. The molecule has 0 aromatic heterocycles. The molecule has 1 unspecified atom stereocenters. The lowest BCUT2D eigenvalue weighted by molar-refractivity contribution is -0.835. The Morgan fingerprint density at radius 2 is 1.74 bits per heavy atom. The molecule has 0 saturated carbocycles. The third kappa shape index (κ3) is 3.99. The number of likely N-dealkylation sites (tertiary alicyclic amines) is 1. The summed E-state index contributed by atoms with van der Waals surface area (Å²) in [7, 11) is 3.49. The van der Waals surface area contributed by atoms with Crippen molar-refractivity contribution in [3.8, 4) is 0 Å². The number of likely N-dealkylation sites (N-methyl/N-ethyl adjacent to an activating group) is 2. The highest BCUT2D eigenvalue weighted by molar-refractivity contribution is 8.18. The number of hydrogen-bond acceptors (Lipinski definition) is 5. The number of amides is 2. The lowest BCUT2D eigenvalue weighted by atomic mass is 9.81. The van der Waals surface area contributed by atoms with Gasteiger partial charge >= 0.3 is 5.91 Å². The van der Waals surface area contributed by atoms with Crippen LogP contribution in [0, 0.1) is 0 Å². The van der Waals surface area contributed by atoms with Crippen LogP contribution in [0.5, 0.6) is 0 Å². The van der Waals surface area contributed by atoms with E-state index in [9.17, 15) is 9.59 Å². The summed E-state index contributed by atoms with van der Waals surface area (Å²) in [5, 5.41) is 4.83. The third-order valence-electron chi connectivity index (χ3n) is 7.44. The molecule has 2 amide bonds. The lowest BCUT2D eigenvalue weighted by Crippen LogP contribution is -2.58. The Bertz CT molecular complexity index is 1250. The molecule has 0 spiro atoms. The molecule has 3 aliphatic heterocycles. The lowest BCUT2D eigenvalue weighted by Gasteiger charge is -2.34. The van der Waals surface area contributed by atoms with Gasteiger partial charge < -0.3 is 10.2 Å². The van der Waals surface area contributed by atoms with Crippen LogP contribution in [0.15, 0.2) is 64.6 Å². The van der Waals surface area contributed by atoms with Crippen LogP contribution >= 0.6 is 35.0 Å². The maximum absolute atomic E-state index is 13.8. The van der Waals surface area contributed by atoms with Gasteiger partial charge in [-0.2, -0.15) is 0 Å². The van der Waals surface area contributed by atoms with Crippen LogP contribution in [0.1, 0.15) is 36.9 Å². The molecule has 3 heterocycles. The summed E-state index contributed by atoms with van der Waals surface area (Å²) in [5.74, 6) is -0.129. The summed E-state index contributed by atoms with van der Waals surface area (Å²) in [6.45, 7) is 2.75. The van der Waals surface area contributed by atoms with Gasteiger partial charge in [0.1, 0.15) is 10.4 Å². The van der Waals surface area contributed by atoms with Crippen molar-refractivity contribution in [2.24, 2.45) is 4.99 Å². The van der Waals surface area contributed by atoms with Crippen LogP contribution in [0.3, 0.4) is 0 Å². The summed E-state index contributed by atoms with van der Waals surface area (Å²) in [6.07, 6.45) is 3.45. The molecule has 1 N–H and O–H groups in total. The van der Waals surface area contributed by atoms with Crippen molar-refractivity contribution in [1.29, 1.82) is 0 Å². The number of carbonyl (C=O) groups is 2. The highest BCUT2D eigenvalue weighted by Crippen LogP contribution is 2.53. The first kappa shape index (κ1) is 24.4. The van der Waals surface area contributed by atoms with E-state index < -0.39 is 5.54 Å². The Labute approximate surface area is 219 Å². The number of aliphatic imine (C=N–C) groups is 1. The summed E-state index contributed by atoms with van der Waals surface area (Å²) in [4.78, 5) is 34.1. The summed E-state index contributed by atoms with van der Waals surface area (Å²) >= 11 is 13.7. The van der Waals surface area contributed by atoms with E-state index in [-0.39, 0.29) is 28.4 Å². The van der Waals surface area contributed by atoms with Crippen molar-refractivity contribution >= 4 is 51.9 Å². The van der Waals surface area contributed by atoms with Crippen molar-refractivity contribution in [3.05, 3.63) is 80.8 Å². The Morgan fingerprint density at radius 3 is 2.37 bits per heavy atom. The quantitative estimate of drug-likeness (QED) is 0.560. The number of hydrogen-bond donors (Lipinski definition) is 1. The molecular formula is C26H27Cl2N4O2S+. The van der Waals surface area contributed by atoms with Crippen LogP contribution in [0.2, 0.25) is 10.0 Å². The molecule has 1 fully saturated rings. The molecule has 5 rings (SSSR count). The first-order valence-electron chi connectivity index (χ1n) is 11.6. The average molecular weight is 531 g/mol. The molecule has 4 atom stereocenters. The fraction of sp³-hybridized carbons (Fsp3) is 0.346. The smallest absolute Gasteiger partial charge is 0.354 e. The van der Waals surface area contributed by atoms with E-state index in [1.54, 1.807) is 7.05 Å². The van der Waals surface area contributed by atoms with Gasteiger partial charge in [0.15, 0.2) is 11.2 Å². The van der Waals surface area contributed by atoms with Gasteiger partial charge in [-0.25, -0.2) is 14.3 Å². The van der Waals surface area contributed by atoms with Crippen molar-refractivity contribution in [2.75, 3.05) is 20.6 Å². The zero-order valence-corrected chi connectivity index (χ0v) is 22.1. The number of amidine groups is 1. The van der Waals surface area contributed by atoms with Gasteiger partial charge in [0.05, 0.1) is 19.6 Å². The number of benzene rings is 2. The Hall–Kier alpha value is -2.32. The van der Waals surface area contributed by atoms with E-state index in [0.29, 0.717) is 27.9 Å². The van der Waals surface area contributed by atoms with E-state index >= 15 is 0 Å². The largest absolute Gasteiger partial charge is 0.354 e. The molecule has 182 valence electrons. The number of fused-ring (bicyclic) bond motifs is 1. The van der Waals surface area contributed by atoms with Gasteiger partial charge in [-0.1, -0.05) is 47.5 Å². The van der Waals surface area contributed by atoms with Crippen LogP contribution < -0.4 is 5.32 Å². The maximum Gasteiger partial charge on any atom is 0.354 e. The normalized spacial score (nSPS) is 29.6. The fourth-order valence-electron chi connectivity index (χ4n) is 5.50. The van der Waals surface area contributed by atoms with Gasteiger partial charge in [0.25, 0.3) is 5.91 Å². The minimum absolute atomic E-state index is 0.0405. The third-order valence-corrected chi connectivity index (χ3v) is 8.93. The number of carbonyl (C=O) groups excluding carboxylic acids is 2. The minimum Gasteiger partial charge on any atom is -0.354 e. The topological polar surface area (TPSA) is 61.8 Å². The van der Waals surface area contributed by atoms with E-state index in [4.69, 9.17) is 28.2 Å². The standard InChI is InChI=1S/C26H26Cl2N4O2S/c1-26(17-8-12-19(28)13-9-17)22(16-6-10-18(27)11-7-16)31-15-21(35-25(31)30-26)24(34)32(3)14-4-5-20(32)23(33)29-2/h6-13,15,20,22H,4-5,14H2,1-3H3/p+1/t20-,22+,26-,32?/m0/s1. The highest BCUT2D eigenvalue weighted by Gasteiger charge is 2.54. The number of thioether (sulfide) groups is 1. The predicted octanol–water partition coefficient (Wildman–Crippen LogP) is 5.09. The highest BCUT2D eigenvalue weighted by atomic mass is 35.5. The van der Waals surface area contributed by atoms with Crippen LogP contribution in [-0.4, -0.2) is 53.0 Å². The van der Waals surface area contributed by atoms with E-state index in [1.807, 2.05) is 61.8 Å². The van der Waals surface area contributed by atoms with Crippen molar-refractivity contribution in [2.45, 2.75) is 37.4 Å². The Balaban J connectivity index is 1.53. The molecule has 2 aromatic rings. The van der Waals surface area contributed by atoms with E-state index in [2.05, 4.69) is 17.1 Å². The maximum atomic E-state index is 13.8. The van der Waals surface area contributed by atoms with Gasteiger partial charge in [-0.05, 0) is 54.1 Å². The first-order valence-corrected chi connectivity index (χ1v) is 13.2. The van der Waals surface area contributed by atoms with Gasteiger partial charge in [-0.3, -0.25) is 4.79 Å². The molecule has 0 radical (unpaired) electrons. The minimum atomic E-state index is -0.595.